The third-order valence-corrected chi connectivity index (χ3v) is 1.45. The van der Waals surface area contributed by atoms with Crippen LogP contribution in [-0.4, -0.2) is 41.3 Å². The van der Waals surface area contributed by atoms with E-state index in [1.54, 1.807) is 0 Å². The number of aliphatic hydroxyl groups excluding tert-OH is 1. The first-order valence-corrected chi connectivity index (χ1v) is 3.93. The van der Waals surface area contributed by atoms with E-state index in [9.17, 15) is 9.59 Å². The highest BCUT2D eigenvalue weighted by Gasteiger charge is 2.17. The summed E-state index contributed by atoms with van der Waals surface area (Å²) in [6.45, 7) is 0.364. The zero-order valence-electron chi connectivity index (χ0n) is 7.19. The minimum absolute atomic E-state index is 0.00838. The second-order valence-electron chi connectivity index (χ2n) is 2.58. The summed E-state index contributed by atoms with van der Waals surface area (Å²) in [7, 11) is 0. The van der Waals surface area contributed by atoms with Crippen LogP contribution in [-0.2, 0) is 9.59 Å². The van der Waals surface area contributed by atoms with Gasteiger partial charge in [0.1, 0.15) is 0 Å². The summed E-state index contributed by atoms with van der Waals surface area (Å²) >= 11 is 0. The minimum Gasteiger partial charge on any atom is -0.481 e. The van der Waals surface area contributed by atoms with Gasteiger partial charge in [0.15, 0.2) is 0 Å². The zero-order chi connectivity index (χ0) is 10.3. The van der Waals surface area contributed by atoms with Gasteiger partial charge >= 0.3 is 5.97 Å². The Morgan fingerprint density at radius 3 is 2.46 bits per heavy atom. The highest BCUT2D eigenvalue weighted by Crippen LogP contribution is 1.91. The molecular weight excluding hydrogens is 176 g/mol. The number of amides is 1. The Balaban J connectivity index is 3.81. The fraction of sp³-hybridized carbons (Fsp3) is 0.714. The summed E-state index contributed by atoms with van der Waals surface area (Å²) in [5.41, 5.74) is 4.94. The number of aliphatic carboxylic acids is 1. The Hall–Kier alpha value is -1.14. The van der Waals surface area contributed by atoms with Gasteiger partial charge in [-0.25, -0.2) is 0 Å². The van der Waals surface area contributed by atoms with Crippen molar-refractivity contribution in [2.75, 3.05) is 13.2 Å². The quantitative estimate of drug-likeness (QED) is 0.357. The molecule has 0 spiro atoms. The van der Waals surface area contributed by atoms with Crippen molar-refractivity contribution in [2.45, 2.75) is 18.9 Å². The second-order valence-corrected chi connectivity index (χ2v) is 2.58. The maximum Gasteiger partial charge on any atom is 0.305 e. The maximum absolute atomic E-state index is 10.7. The van der Waals surface area contributed by atoms with Gasteiger partial charge in [0.2, 0.25) is 5.91 Å². The van der Waals surface area contributed by atoms with Crippen molar-refractivity contribution in [1.82, 2.24) is 5.32 Å². The number of hydrogen-bond acceptors (Lipinski definition) is 4. The van der Waals surface area contributed by atoms with Crippen molar-refractivity contribution in [3.8, 4) is 0 Å². The second kappa shape index (κ2) is 6.38. The van der Waals surface area contributed by atoms with Crippen LogP contribution in [0, 0.1) is 0 Å². The largest absolute Gasteiger partial charge is 0.481 e. The molecule has 0 rings (SSSR count). The van der Waals surface area contributed by atoms with Crippen molar-refractivity contribution in [3.05, 3.63) is 0 Å². The number of nitrogens with two attached hydrogens (primary N) is 1. The number of hydrogen-bond donors (Lipinski definition) is 4. The van der Waals surface area contributed by atoms with Crippen LogP contribution in [0.25, 0.3) is 0 Å². The van der Waals surface area contributed by atoms with E-state index < -0.39 is 17.9 Å². The number of rotatable bonds is 7. The molecule has 1 amide bonds. The van der Waals surface area contributed by atoms with Crippen LogP contribution < -0.4 is 11.1 Å². The molecule has 0 aliphatic carbocycles. The molecule has 76 valence electrons. The van der Waals surface area contributed by atoms with Crippen LogP contribution in [0.3, 0.4) is 0 Å². The number of carbonyl (C=O) groups excluding carboxylic acids is 1. The molecule has 0 aromatic carbocycles. The van der Waals surface area contributed by atoms with Gasteiger partial charge in [0.05, 0.1) is 12.5 Å². The molecule has 0 unspecified atom stereocenters. The third kappa shape index (κ3) is 6.06. The molecule has 6 nitrogen and oxygen atoms in total. The number of carboxylic acids is 1. The van der Waals surface area contributed by atoms with Crippen molar-refractivity contribution < 1.29 is 19.8 Å². The van der Waals surface area contributed by atoms with Gasteiger partial charge in [-0.1, -0.05) is 0 Å². The molecule has 0 radical (unpaired) electrons. The van der Waals surface area contributed by atoms with Crippen LogP contribution in [0.5, 0.6) is 0 Å². The lowest BCUT2D eigenvalue weighted by Crippen LogP contribution is -2.43. The average Bonchev–Trinajstić information content (AvgIpc) is 2.02. The molecule has 1 atom stereocenters. The molecule has 5 N–H and O–H groups in total. The van der Waals surface area contributed by atoms with E-state index in [0.29, 0.717) is 13.0 Å². The first-order chi connectivity index (χ1) is 6.07. The van der Waals surface area contributed by atoms with Gasteiger partial charge in [0, 0.05) is 6.61 Å². The van der Waals surface area contributed by atoms with E-state index in [1.165, 1.54) is 0 Å². The molecule has 0 aromatic heterocycles. The smallest absolute Gasteiger partial charge is 0.305 e. The number of primary amides is 1. The maximum atomic E-state index is 10.7. The van der Waals surface area contributed by atoms with Crippen LogP contribution >= 0.6 is 0 Å². The predicted octanol–water partition coefficient (Wildman–Crippen LogP) is -1.71. The zero-order valence-corrected chi connectivity index (χ0v) is 7.19. The number of aliphatic hydroxyl groups is 1. The van der Waals surface area contributed by atoms with Crippen LogP contribution in [0.15, 0.2) is 0 Å². The Bertz CT molecular complexity index is 183. The normalized spacial score (nSPS) is 12.4. The Morgan fingerprint density at radius 2 is 2.08 bits per heavy atom. The standard InChI is InChI=1S/C7H14N2O4/c8-7(13)5(4-6(11)12)9-2-1-3-10/h5,9-10H,1-4H2,(H2,8,13)(H,11,12)/t5-/m0/s1. The summed E-state index contributed by atoms with van der Waals surface area (Å²) in [5, 5.41) is 19.5. The van der Waals surface area contributed by atoms with Crippen molar-refractivity contribution in [3.63, 3.8) is 0 Å². The van der Waals surface area contributed by atoms with Crippen LogP contribution in [0.1, 0.15) is 12.8 Å². The summed E-state index contributed by atoms with van der Waals surface area (Å²) in [6, 6.07) is -0.857. The molecule has 0 saturated carbocycles. The monoisotopic (exact) mass is 190 g/mol. The van der Waals surface area contributed by atoms with E-state index in [4.69, 9.17) is 15.9 Å². The molecular formula is C7H14N2O4. The van der Waals surface area contributed by atoms with Crippen LogP contribution in [0.2, 0.25) is 0 Å². The first-order valence-electron chi connectivity index (χ1n) is 3.93. The summed E-state index contributed by atoms with van der Waals surface area (Å²) in [4.78, 5) is 20.9. The highest BCUT2D eigenvalue weighted by molar-refractivity contribution is 5.84. The van der Waals surface area contributed by atoms with E-state index >= 15 is 0 Å². The first kappa shape index (κ1) is 11.9. The van der Waals surface area contributed by atoms with E-state index in [0.717, 1.165) is 0 Å². The Morgan fingerprint density at radius 1 is 1.46 bits per heavy atom. The predicted molar refractivity (Wildman–Crippen MR) is 44.9 cm³/mol. The molecule has 0 aliphatic rings. The SMILES string of the molecule is NC(=O)[C@H](CC(=O)O)NCCCO. The average molecular weight is 190 g/mol. The Kier molecular flexibility index (Phi) is 5.82. The molecule has 0 bridgehead atoms. The van der Waals surface area contributed by atoms with Gasteiger partial charge in [0.25, 0.3) is 0 Å². The number of carbonyl (C=O) groups is 2. The van der Waals surface area contributed by atoms with Gasteiger partial charge in [-0.05, 0) is 13.0 Å². The Labute approximate surface area is 75.7 Å². The molecule has 0 heterocycles. The molecule has 6 heteroatoms. The van der Waals surface area contributed by atoms with Gasteiger partial charge in [-0.3, -0.25) is 9.59 Å². The lowest BCUT2D eigenvalue weighted by molar-refractivity contribution is -0.139. The lowest BCUT2D eigenvalue weighted by Gasteiger charge is -2.11. The number of nitrogens with one attached hydrogen (secondary N) is 1. The number of carboxylic acid groups (broad SMARTS) is 1. The summed E-state index contributed by atoms with van der Waals surface area (Å²) in [5.74, 6) is -1.78. The van der Waals surface area contributed by atoms with Crippen molar-refractivity contribution in [1.29, 1.82) is 0 Å². The molecule has 13 heavy (non-hydrogen) atoms. The van der Waals surface area contributed by atoms with Crippen molar-refractivity contribution >= 4 is 11.9 Å². The van der Waals surface area contributed by atoms with Crippen LogP contribution in [0.4, 0.5) is 0 Å². The third-order valence-electron chi connectivity index (χ3n) is 1.45. The molecule has 0 fully saturated rings. The van der Waals surface area contributed by atoms with E-state index in [-0.39, 0.29) is 13.0 Å². The van der Waals surface area contributed by atoms with E-state index in [1.807, 2.05) is 0 Å². The van der Waals surface area contributed by atoms with Gasteiger partial charge in [-0.15, -0.1) is 0 Å². The molecule has 0 saturated heterocycles. The van der Waals surface area contributed by atoms with Gasteiger partial charge in [-0.2, -0.15) is 0 Å². The fourth-order valence-electron chi connectivity index (χ4n) is 0.803. The minimum atomic E-state index is -1.08. The fourth-order valence-corrected chi connectivity index (χ4v) is 0.803. The summed E-state index contributed by atoms with van der Waals surface area (Å²) < 4.78 is 0. The lowest BCUT2D eigenvalue weighted by atomic mass is 10.2. The summed E-state index contributed by atoms with van der Waals surface area (Å²) in [6.07, 6.45) is 0.129. The highest BCUT2D eigenvalue weighted by atomic mass is 16.4. The molecule has 0 aliphatic heterocycles. The van der Waals surface area contributed by atoms with Crippen molar-refractivity contribution in [2.24, 2.45) is 5.73 Å². The molecule has 0 aromatic rings. The topological polar surface area (TPSA) is 113 Å². The van der Waals surface area contributed by atoms with E-state index in [2.05, 4.69) is 5.32 Å². The van der Waals surface area contributed by atoms with Gasteiger partial charge < -0.3 is 21.3 Å².